The molecule has 0 spiro atoms. The van der Waals surface area contributed by atoms with Gasteiger partial charge in [-0.25, -0.2) is 0 Å². The summed E-state index contributed by atoms with van der Waals surface area (Å²) in [4.78, 5) is 2.64. The van der Waals surface area contributed by atoms with Gasteiger partial charge in [-0.3, -0.25) is 0 Å². The first kappa shape index (κ1) is 9.60. The Bertz CT molecular complexity index is 582. The second-order valence-corrected chi connectivity index (χ2v) is 3.75. The molecule has 3 nitrogen and oxygen atoms in total. The van der Waals surface area contributed by atoms with Gasteiger partial charge in [-0.15, -0.1) is 11.3 Å². The average molecular weight is 213 g/mol. The molecule has 2 rings (SSSR count). The van der Waals surface area contributed by atoms with Gasteiger partial charge in [0.15, 0.2) is 0 Å². The Morgan fingerprint density at radius 2 is 2.33 bits per heavy atom. The molecule has 1 aromatic carbocycles. The topological polar surface area (TPSA) is 48.8 Å². The van der Waals surface area contributed by atoms with Gasteiger partial charge >= 0.3 is 0 Å². The van der Waals surface area contributed by atoms with E-state index in [9.17, 15) is 0 Å². The Morgan fingerprint density at radius 1 is 1.40 bits per heavy atom. The monoisotopic (exact) mass is 213 g/mol. The lowest BCUT2D eigenvalue weighted by Crippen LogP contribution is -1.75. The molecule has 15 heavy (non-hydrogen) atoms. The zero-order chi connectivity index (χ0) is 10.5. The third kappa shape index (κ3) is 2.10. The second-order valence-electron chi connectivity index (χ2n) is 2.84. The van der Waals surface area contributed by atoms with Crippen molar-refractivity contribution < 1.29 is 0 Å². The molecule has 0 amide bonds. The maximum atomic E-state index is 8.09. The number of rotatable bonds is 1. The van der Waals surface area contributed by atoms with E-state index in [1.807, 2.05) is 17.5 Å². The highest BCUT2D eigenvalue weighted by Gasteiger charge is 1.97. The molecular weight excluding hydrogens is 206 g/mol. The molecule has 1 aromatic heterocycles. The minimum atomic E-state index is 0.220. The van der Waals surface area contributed by atoms with Crippen LogP contribution in [0.3, 0.4) is 0 Å². The summed E-state index contributed by atoms with van der Waals surface area (Å²) < 4.78 is 1.19. The summed E-state index contributed by atoms with van der Waals surface area (Å²) in [6.45, 7) is 0.220. The van der Waals surface area contributed by atoms with Gasteiger partial charge < -0.3 is 0 Å². The van der Waals surface area contributed by atoms with Gasteiger partial charge in [0.1, 0.15) is 0 Å². The van der Waals surface area contributed by atoms with Crippen LogP contribution in [0.25, 0.3) is 20.5 Å². The summed E-state index contributed by atoms with van der Waals surface area (Å²) in [5, 5.41) is 6.61. The van der Waals surface area contributed by atoms with Crippen molar-refractivity contribution in [2.75, 3.05) is 6.54 Å². The van der Waals surface area contributed by atoms with Crippen molar-refractivity contribution in [1.82, 2.24) is 0 Å². The quantitative estimate of drug-likeness (QED) is 0.301. The first-order chi connectivity index (χ1) is 7.42. The number of azide groups is 1. The van der Waals surface area contributed by atoms with Gasteiger partial charge in [-0.05, 0) is 28.4 Å². The molecule has 2 aromatic rings. The smallest absolute Gasteiger partial charge is 0.0880 e. The fourth-order valence-corrected chi connectivity index (χ4v) is 2.16. The maximum Gasteiger partial charge on any atom is 0.0880 e. The highest BCUT2D eigenvalue weighted by molar-refractivity contribution is 7.17. The summed E-state index contributed by atoms with van der Waals surface area (Å²) >= 11 is 1.67. The molecular formula is C11H7N3S. The Hall–Kier alpha value is -1.95. The fraction of sp³-hybridized carbons (Fsp3) is 0.0909. The second kappa shape index (κ2) is 4.52. The van der Waals surface area contributed by atoms with Crippen molar-refractivity contribution in [1.29, 1.82) is 0 Å². The van der Waals surface area contributed by atoms with E-state index in [1.54, 1.807) is 11.3 Å². The largest absolute Gasteiger partial charge is 0.143 e. The molecule has 0 atom stereocenters. The minimum Gasteiger partial charge on any atom is -0.143 e. The van der Waals surface area contributed by atoms with E-state index in [4.69, 9.17) is 5.53 Å². The third-order valence-corrected chi connectivity index (χ3v) is 2.88. The molecule has 4 heteroatoms. The van der Waals surface area contributed by atoms with Crippen LogP contribution < -0.4 is 0 Å². The average Bonchev–Trinajstić information content (AvgIpc) is 2.73. The van der Waals surface area contributed by atoms with Crippen LogP contribution in [0.4, 0.5) is 0 Å². The molecule has 0 fully saturated rings. The molecule has 1 heterocycles. The molecule has 0 aliphatic heterocycles. The number of benzene rings is 1. The molecule has 0 radical (unpaired) electrons. The number of fused-ring (bicyclic) bond motifs is 1. The SMILES string of the molecule is [N-]=[N+]=NCC#Cc1cccc2ccsc12. The van der Waals surface area contributed by atoms with E-state index in [0.717, 1.165) is 5.56 Å². The van der Waals surface area contributed by atoms with Crippen LogP contribution in [0.15, 0.2) is 34.8 Å². The summed E-state index contributed by atoms with van der Waals surface area (Å²) in [7, 11) is 0. The summed E-state index contributed by atoms with van der Waals surface area (Å²) in [6, 6.07) is 8.08. The third-order valence-electron chi connectivity index (χ3n) is 1.92. The van der Waals surface area contributed by atoms with Gasteiger partial charge in [0.2, 0.25) is 0 Å². The highest BCUT2D eigenvalue weighted by atomic mass is 32.1. The fourth-order valence-electron chi connectivity index (χ4n) is 1.29. The van der Waals surface area contributed by atoms with Crippen LogP contribution in [0.1, 0.15) is 5.56 Å². The Kier molecular flexibility index (Phi) is 2.89. The van der Waals surface area contributed by atoms with Gasteiger partial charge in [0.25, 0.3) is 0 Å². The van der Waals surface area contributed by atoms with E-state index in [1.165, 1.54) is 10.1 Å². The molecule has 0 aliphatic carbocycles. The molecule has 0 N–H and O–H groups in total. The lowest BCUT2D eigenvalue weighted by atomic mass is 10.2. The first-order valence-electron chi connectivity index (χ1n) is 4.38. The summed E-state index contributed by atoms with van der Waals surface area (Å²) in [6.07, 6.45) is 0. The van der Waals surface area contributed by atoms with Crippen LogP contribution in [-0.4, -0.2) is 6.54 Å². The summed E-state index contributed by atoms with van der Waals surface area (Å²) in [5.74, 6) is 5.82. The predicted octanol–water partition coefficient (Wildman–Crippen LogP) is 3.56. The number of thiophene rings is 1. The number of hydrogen-bond donors (Lipinski definition) is 0. The lowest BCUT2D eigenvalue weighted by Gasteiger charge is -1.92. The van der Waals surface area contributed by atoms with Gasteiger partial charge in [0, 0.05) is 15.2 Å². The number of hydrogen-bond acceptors (Lipinski definition) is 2. The van der Waals surface area contributed by atoms with Crippen molar-refractivity contribution in [3.63, 3.8) is 0 Å². The zero-order valence-electron chi connectivity index (χ0n) is 7.84. The molecule has 0 unspecified atom stereocenters. The molecule has 0 saturated carbocycles. The van der Waals surface area contributed by atoms with E-state index in [2.05, 4.69) is 34.0 Å². The van der Waals surface area contributed by atoms with E-state index >= 15 is 0 Å². The van der Waals surface area contributed by atoms with E-state index < -0.39 is 0 Å². The molecule has 0 saturated heterocycles. The van der Waals surface area contributed by atoms with Crippen LogP contribution in [0.2, 0.25) is 0 Å². The van der Waals surface area contributed by atoms with Crippen LogP contribution in [0.5, 0.6) is 0 Å². The van der Waals surface area contributed by atoms with Crippen LogP contribution in [0, 0.1) is 11.8 Å². The van der Waals surface area contributed by atoms with Gasteiger partial charge in [-0.1, -0.05) is 29.1 Å². The van der Waals surface area contributed by atoms with Crippen molar-refractivity contribution in [2.24, 2.45) is 5.11 Å². The van der Waals surface area contributed by atoms with Crippen molar-refractivity contribution >= 4 is 21.4 Å². The molecule has 0 aliphatic rings. The normalized spacial score (nSPS) is 9.07. The molecule has 0 bridgehead atoms. The van der Waals surface area contributed by atoms with E-state index in [0.29, 0.717) is 0 Å². The minimum absolute atomic E-state index is 0.220. The highest BCUT2D eigenvalue weighted by Crippen LogP contribution is 2.23. The van der Waals surface area contributed by atoms with Crippen LogP contribution >= 0.6 is 11.3 Å². The maximum absolute atomic E-state index is 8.09. The zero-order valence-corrected chi connectivity index (χ0v) is 8.66. The van der Waals surface area contributed by atoms with Crippen molar-refractivity contribution in [2.45, 2.75) is 0 Å². The Balaban J connectivity index is 2.37. The molecule has 72 valence electrons. The van der Waals surface area contributed by atoms with Gasteiger partial charge in [-0.2, -0.15) is 0 Å². The first-order valence-corrected chi connectivity index (χ1v) is 5.26. The summed E-state index contributed by atoms with van der Waals surface area (Å²) in [5.41, 5.74) is 9.09. The van der Waals surface area contributed by atoms with Crippen molar-refractivity contribution in [3.8, 4) is 11.8 Å². The Labute approximate surface area is 91.0 Å². The lowest BCUT2D eigenvalue weighted by molar-refractivity contribution is 1.25. The standard InChI is InChI=1S/C11H7N3S/c12-14-13-7-2-5-9-3-1-4-10-6-8-15-11(9)10/h1,3-4,6,8H,7H2. The van der Waals surface area contributed by atoms with Crippen LogP contribution in [-0.2, 0) is 0 Å². The number of nitrogens with zero attached hydrogens (tertiary/aromatic N) is 3. The van der Waals surface area contributed by atoms with Crippen molar-refractivity contribution in [3.05, 3.63) is 45.7 Å². The van der Waals surface area contributed by atoms with Gasteiger partial charge in [0.05, 0.1) is 6.54 Å². The predicted molar refractivity (Wildman–Crippen MR) is 62.7 cm³/mol. The van der Waals surface area contributed by atoms with E-state index in [-0.39, 0.29) is 6.54 Å². The Morgan fingerprint density at radius 3 is 3.20 bits per heavy atom.